The Morgan fingerprint density at radius 1 is 1.44 bits per heavy atom. The smallest absolute Gasteiger partial charge is 0.163 e. The van der Waals surface area contributed by atoms with Gasteiger partial charge < -0.3 is 5.32 Å². The molecule has 2 unspecified atom stereocenters. The van der Waals surface area contributed by atoms with Crippen LogP contribution in [0.3, 0.4) is 0 Å². The van der Waals surface area contributed by atoms with Gasteiger partial charge in [-0.15, -0.1) is 0 Å². The first-order valence-electron chi connectivity index (χ1n) is 5.47. The molecule has 1 aromatic carbocycles. The van der Waals surface area contributed by atoms with E-state index in [1.807, 2.05) is 6.92 Å². The zero-order chi connectivity index (χ0) is 11.7. The van der Waals surface area contributed by atoms with Crippen LogP contribution in [0.4, 0.5) is 8.78 Å². The second-order valence-electron chi connectivity index (χ2n) is 3.98. The van der Waals surface area contributed by atoms with E-state index in [0.717, 1.165) is 12.1 Å². The highest BCUT2D eigenvalue weighted by Gasteiger charge is 2.29. The fourth-order valence-corrected chi connectivity index (χ4v) is 3.26. The standard InChI is InChI=1S/C12H15F2NS/c1-3-15-12-7(2)16-6-9-8(12)4-5-10(13)11(9)14/h4-5,7,12,15H,3,6H2,1-2H3. The molecule has 1 nitrogen and oxygen atoms in total. The fraction of sp³-hybridized carbons (Fsp3) is 0.500. The zero-order valence-electron chi connectivity index (χ0n) is 9.39. The Kier molecular flexibility index (Phi) is 3.50. The summed E-state index contributed by atoms with van der Waals surface area (Å²) in [6.07, 6.45) is 0. The van der Waals surface area contributed by atoms with E-state index < -0.39 is 11.6 Å². The van der Waals surface area contributed by atoms with Gasteiger partial charge in [0.05, 0.1) is 0 Å². The van der Waals surface area contributed by atoms with E-state index in [-0.39, 0.29) is 6.04 Å². The second kappa shape index (κ2) is 4.72. The Labute approximate surface area is 98.6 Å². The molecule has 0 aromatic heterocycles. The number of halogens is 2. The summed E-state index contributed by atoms with van der Waals surface area (Å²) in [5, 5.41) is 3.71. The van der Waals surface area contributed by atoms with Gasteiger partial charge in [0.2, 0.25) is 0 Å². The van der Waals surface area contributed by atoms with Crippen molar-refractivity contribution in [3.63, 3.8) is 0 Å². The van der Waals surface area contributed by atoms with Gasteiger partial charge in [-0.2, -0.15) is 11.8 Å². The normalized spacial score (nSPS) is 24.2. The molecule has 2 atom stereocenters. The number of benzene rings is 1. The van der Waals surface area contributed by atoms with E-state index in [2.05, 4.69) is 12.2 Å². The van der Waals surface area contributed by atoms with Crippen molar-refractivity contribution >= 4 is 11.8 Å². The number of thioether (sulfide) groups is 1. The summed E-state index contributed by atoms with van der Waals surface area (Å²) in [5.74, 6) is -0.869. The summed E-state index contributed by atoms with van der Waals surface area (Å²) in [6.45, 7) is 4.96. The molecule has 1 aromatic rings. The Balaban J connectivity index is 2.44. The maximum Gasteiger partial charge on any atom is 0.163 e. The first-order valence-corrected chi connectivity index (χ1v) is 6.51. The van der Waals surface area contributed by atoms with E-state index in [9.17, 15) is 8.78 Å². The minimum absolute atomic E-state index is 0.119. The molecule has 0 amide bonds. The van der Waals surface area contributed by atoms with Crippen molar-refractivity contribution in [2.45, 2.75) is 30.9 Å². The van der Waals surface area contributed by atoms with Gasteiger partial charge in [0.1, 0.15) is 0 Å². The van der Waals surface area contributed by atoms with Crippen LogP contribution in [-0.2, 0) is 5.75 Å². The lowest BCUT2D eigenvalue weighted by atomic mass is 9.97. The number of rotatable bonds is 2. The van der Waals surface area contributed by atoms with Crippen LogP contribution < -0.4 is 5.32 Å². The lowest BCUT2D eigenvalue weighted by molar-refractivity contribution is 0.484. The third-order valence-electron chi connectivity index (χ3n) is 2.95. The molecule has 0 bridgehead atoms. The summed E-state index contributed by atoms with van der Waals surface area (Å²) in [5.41, 5.74) is 1.43. The van der Waals surface area contributed by atoms with Crippen molar-refractivity contribution < 1.29 is 8.78 Å². The topological polar surface area (TPSA) is 12.0 Å². The van der Waals surface area contributed by atoms with E-state index in [0.29, 0.717) is 16.6 Å². The maximum atomic E-state index is 13.6. The van der Waals surface area contributed by atoms with Crippen LogP contribution >= 0.6 is 11.8 Å². The molecule has 16 heavy (non-hydrogen) atoms. The quantitative estimate of drug-likeness (QED) is 0.855. The van der Waals surface area contributed by atoms with Crippen LogP contribution in [0.2, 0.25) is 0 Å². The molecular formula is C12H15F2NS. The average molecular weight is 243 g/mol. The Morgan fingerprint density at radius 3 is 2.88 bits per heavy atom. The monoisotopic (exact) mass is 243 g/mol. The van der Waals surface area contributed by atoms with Gasteiger partial charge in [0.25, 0.3) is 0 Å². The van der Waals surface area contributed by atoms with E-state index >= 15 is 0 Å². The summed E-state index contributed by atoms with van der Waals surface area (Å²) < 4.78 is 26.7. The minimum Gasteiger partial charge on any atom is -0.309 e. The molecule has 1 aliphatic heterocycles. The van der Waals surface area contributed by atoms with Gasteiger partial charge in [0, 0.05) is 22.6 Å². The molecule has 1 heterocycles. The Hall–Kier alpha value is -0.610. The summed E-state index contributed by atoms with van der Waals surface area (Å²) in [6, 6.07) is 3.05. The molecule has 0 saturated heterocycles. The van der Waals surface area contributed by atoms with E-state index in [4.69, 9.17) is 0 Å². The van der Waals surface area contributed by atoms with Crippen LogP contribution in [0, 0.1) is 11.6 Å². The third kappa shape index (κ3) is 1.96. The Morgan fingerprint density at radius 2 is 2.19 bits per heavy atom. The molecule has 1 aliphatic rings. The van der Waals surface area contributed by atoms with Gasteiger partial charge in [-0.05, 0) is 18.2 Å². The van der Waals surface area contributed by atoms with Crippen LogP contribution in [0.15, 0.2) is 12.1 Å². The van der Waals surface area contributed by atoms with Crippen molar-refractivity contribution in [1.29, 1.82) is 0 Å². The number of fused-ring (bicyclic) bond motifs is 1. The minimum atomic E-state index is -0.746. The lowest BCUT2D eigenvalue weighted by Crippen LogP contribution is -2.32. The zero-order valence-corrected chi connectivity index (χ0v) is 10.2. The SMILES string of the molecule is CCNC1c2ccc(F)c(F)c2CSC1C. The molecule has 1 N–H and O–H groups in total. The number of hydrogen-bond donors (Lipinski definition) is 1. The molecule has 88 valence electrons. The summed E-state index contributed by atoms with van der Waals surface area (Å²) in [4.78, 5) is 0. The van der Waals surface area contributed by atoms with Gasteiger partial charge >= 0.3 is 0 Å². The lowest BCUT2D eigenvalue weighted by Gasteiger charge is -2.31. The molecule has 0 saturated carbocycles. The van der Waals surface area contributed by atoms with Crippen molar-refractivity contribution in [1.82, 2.24) is 5.32 Å². The van der Waals surface area contributed by atoms with Crippen LogP contribution in [0.5, 0.6) is 0 Å². The van der Waals surface area contributed by atoms with Gasteiger partial charge in [-0.1, -0.05) is 19.9 Å². The average Bonchev–Trinajstić information content (AvgIpc) is 2.27. The highest BCUT2D eigenvalue weighted by molar-refractivity contribution is 7.99. The van der Waals surface area contributed by atoms with E-state index in [1.54, 1.807) is 17.8 Å². The predicted molar refractivity (Wildman–Crippen MR) is 63.5 cm³/mol. The van der Waals surface area contributed by atoms with Gasteiger partial charge in [-0.25, -0.2) is 8.78 Å². The maximum absolute atomic E-state index is 13.6. The first-order chi connectivity index (χ1) is 7.65. The van der Waals surface area contributed by atoms with Crippen LogP contribution in [0.25, 0.3) is 0 Å². The largest absolute Gasteiger partial charge is 0.309 e. The number of hydrogen-bond acceptors (Lipinski definition) is 2. The second-order valence-corrected chi connectivity index (χ2v) is 5.35. The summed E-state index contributed by atoms with van der Waals surface area (Å²) in [7, 11) is 0. The molecular weight excluding hydrogens is 228 g/mol. The highest BCUT2D eigenvalue weighted by Crippen LogP contribution is 2.38. The van der Waals surface area contributed by atoms with Crippen molar-refractivity contribution in [3.05, 3.63) is 34.9 Å². The first kappa shape index (κ1) is 11.9. The van der Waals surface area contributed by atoms with E-state index in [1.165, 1.54) is 6.07 Å². The third-order valence-corrected chi connectivity index (χ3v) is 4.20. The van der Waals surface area contributed by atoms with Crippen molar-refractivity contribution in [2.75, 3.05) is 6.54 Å². The van der Waals surface area contributed by atoms with Gasteiger partial charge in [0.15, 0.2) is 11.6 Å². The predicted octanol–water partition coefficient (Wildman–Crippen LogP) is 3.25. The molecule has 0 spiro atoms. The van der Waals surface area contributed by atoms with Crippen molar-refractivity contribution in [2.24, 2.45) is 0 Å². The van der Waals surface area contributed by atoms with Gasteiger partial charge in [-0.3, -0.25) is 0 Å². The molecule has 0 radical (unpaired) electrons. The fourth-order valence-electron chi connectivity index (χ4n) is 2.11. The van der Waals surface area contributed by atoms with Crippen LogP contribution in [-0.4, -0.2) is 11.8 Å². The van der Waals surface area contributed by atoms with Crippen LogP contribution in [0.1, 0.15) is 31.0 Å². The number of nitrogens with one attached hydrogen (secondary N) is 1. The summed E-state index contributed by atoms with van der Waals surface area (Å²) >= 11 is 1.66. The molecule has 2 rings (SSSR count). The van der Waals surface area contributed by atoms with Crippen molar-refractivity contribution in [3.8, 4) is 0 Å². The molecule has 0 fully saturated rings. The molecule has 0 aliphatic carbocycles. The molecule has 4 heteroatoms. The highest BCUT2D eigenvalue weighted by atomic mass is 32.2. The Bertz CT molecular complexity index is 395.